The van der Waals surface area contributed by atoms with Crippen LogP contribution in [0, 0.1) is 0 Å². The minimum absolute atomic E-state index is 0.581. The molecule has 2 heteroatoms. The summed E-state index contributed by atoms with van der Waals surface area (Å²) < 4.78 is 0. The summed E-state index contributed by atoms with van der Waals surface area (Å²) in [5.74, 6) is 0. The summed E-state index contributed by atoms with van der Waals surface area (Å²) in [6.07, 6.45) is 7.55. The van der Waals surface area contributed by atoms with E-state index < -0.39 is 0 Å². The van der Waals surface area contributed by atoms with Crippen molar-refractivity contribution in [3.05, 3.63) is 29.6 Å². The van der Waals surface area contributed by atoms with Gasteiger partial charge < -0.3 is 5.32 Å². The van der Waals surface area contributed by atoms with Crippen LogP contribution < -0.4 is 5.32 Å². The molecular weight excluding hydrogens is 160 g/mol. The fourth-order valence-corrected chi connectivity index (χ4v) is 2.02. The molecular formula is C11H16N2. The molecule has 1 aromatic rings. The van der Waals surface area contributed by atoms with Gasteiger partial charge in [-0.1, -0.05) is 6.92 Å². The summed E-state index contributed by atoms with van der Waals surface area (Å²) in [6.45, 7) is 3.35. The molecule has 1 fully saturated rings. The molecule has 2 rings (SSSR count). The molecule has 70 valence electrons. The maximum Gasteiger partial charge on any atom is 0.0324 e. The lowest BCUT2D eigenvalue weighted by molar-refractivity contribution is 0.639. The van der Waals surface area contributed by atoms with Crippen LogP contribution in [0.4, 0.5) is 0 Å². The van der Waals surface area contributed by atoms with Gasteiger partial charge in [-0.15, -0.1) is 0 Å². The first-order valence-electron chi connectivity index (χ1n) is 5.08. The van der Waals surface area contributed by atoms with Crippen LogP contribution in [0.25, 0.3) is 0 Å². The molecule has 0 aromatic carbocycles. The molecule has 2 heterocycles. The predicted molar refractivity (Wildman–Crippen MR) is 53.6 cm³/mol. The van der Waals surface area contributed by atoms with Crippen molar-refractivity contribution in [1.29, 1.82) is 0 Å². The Morgan fingerprint density at radius 1 is 1.62 bits per heavy atom. The van der Waals surface area contributed by atoms with Gasteiger partial charge in [0, 0.05) is 18.4 Å². The van der Waals surface area contributed by atoms with Crippen LogP contribution in [0.15, 0.2) is 18.5 Å². The molecule has 2 nitrogen and oxygen atoms in total. The van der Waals surface area contributed by atoms with Crippen molar-refractivity contribution in [2.75, 3.05) is 6.54 Å². The van der Waals surface area contributed by atoms with Crippen LogP contribution in [-0.4, -0.2) is 11.5 Å². The second kappa shape index (κ2) is 3.88. The van der Waals surface area contributed by atoms with E-state index in [0.717, 1.165) is 13.0 Å². The molecule has 0 radical (unpaired) electrons. The lowest BCUT2D eigenvalue weighted by Gasteiger charge is -2.13. The summed E-state index contributed by atoms with van der Waals surface area (Å²) in [5, 5.41) is 3.52. The lowest BCUT2D eigenvalue weighted by atomic mass is 10.00. The van der Waals surface area contributed by atoms with E-state index in [4.69, 9.17) is 0 Å². The third kappa shape index (κ3) is 1.73. The Morgan fingerprint density at radius 3 is 3.23 bits per heavy atom. The quantitative estimate of drug-likeness (QED) is 0.746. The maximum atomic E-state index is 4.16. The number of pyridine rings is 1. The van der Waals surface area contributed by atoms with E-state index in [1.165, 1.54) is 24.0 Å². The third-order valence-corrected chi connectivity index (χ3v) is 2.76. The van der Waals surface area contributed by atoms with Gasteiger partial charge in [-0.25, -0.2) is 0 Å². The lowest BCUT2D eigenvalue weighted by Crippen LogP contribution is -2.14. The summed E-state index contributed by atoms with van der Waals surface area (Å²) in [5.41, 5.74) is 2.84. The molecule has 0 spiro atoms. The SMILES string of the molecule is CCc1cnccc1C1CCCN1. The summed E-state index contributed by atoms with van der Waals surface area (Å²) >= 11 is 0. The second-order valence-electron chi connectivity index (χ2n) is 3.58. The number of nitrogens with zero attached hydrogens (tertiary/aromatic N) is 1. The maximum absolute atomic E-state index is 4.16. The van der Waals surface area contributed by atoms with Gasteiger partial charge in [0.05, 0.1) is 0 Å². The molecule has 1 saturated heterocycles. The first-order chi connectivity index (χ1) is 6.42. The van der Waals surface area contributed by atoms with Crippen molar-refractivity contribution in [2.24, 2.45) is 0 Å². The van der Waals surface area contributed by atoms with E-state index in [9.17, 15) is 0 Å². The van der Waals surface area contributed by atoms with E-state index >= 15 is 0 Å². The zero-order chi connectivity index (χ0) is 9.10. The zero-order valence-corrected chi connectivity index (χ0v) is 8.09. The first kappa shape index (κ1) is 8.70. The molecule has 0 amide bonds. The van der Waals surface area contributed by atoms with Crippen LogP contribution in [0.5, 0.6) is 0 Å². The normalized spacial score (nSPS) is 22.1. The van der Waals surface area contributed by atoms with Crippen LogP contribution >= 0.6 is 0 Å². The fourth-order valence-electron chi connectivity index (χ4n) is 2.02. The van der Waals surface area contributed by atoms with Gasteiger partial charge in [0.15, 0.2) is 0 Å². The Morgan fingerprint density at radius 2 is 2.54 bits per heavy atom. The number of nitrogens with one attached hydrogen (secondary N) is 1. The summed E-state index contributed by atoms with van der Waals surface area (Å²) in [7, 11) is 0. The van der Waals surface area contributed by atoms with E-state index in [2.05, 4.69) is 23.3 Å². The molecule has 1 aliphatic heterocycles. The smallest absolute Gasteiger partial charge is 0.0324 e. The van der Waals surface area contributed by atoms with Crippen LogP contribution in [0.1, 0.15) is 36.9 Å². The van der Waals surface area contributed by atoms with Gasteiger partial charge in [-0.2, -0.15) is 0 Å². The highest BCUT2D eigenvalue weighted by atomic mass is 14.9. The van der Waals surface area contributed by atoms with Crippen molar-refractivity contribution in [1.82, 2.24) is 10.3 Å². The Hall–Kier alpha value is -0.890. The fraction of sp³-hybridized carbons (Fsp3) is 0.545. The van der Waals surface area contributed by atoms with E-state index in [0.29, 0.717) is 6.04 Å². The molecule has 0 aliphatic carbocycles. The molecule has 1 atom stereocenters. The minimum Gasteiger partial charge on any atom is -0.310 e. The Balaban J connectivity index is 2.26. The molecule has 1 aromatic heterocycles. The van der Waals surface area contributed by atoms with E-state index in [1.807, 2.05) is 12.4 Å². The van der Waals surface area contributed by atoms with Gasteiger partial charge in [-0.3, -0.25) is 4.98 Å². The Bertz CT molecular complexity index is 277. The van der Waals surface area contributed by atoms with Crippen LogP contribution in [0.3, 0.4) is 0 Å². The molecule has 1 N–H and O–H groups in total. The van der Waals surface area contributed by atoms with Gasteiger partial charge in [-0.05, 0) is 43.0 Å². The Labute approximate surface area is 79.4 Å². The van der Waals surface area contributed by atoms with Crippen molar-refractivity contribution in [3.8, 4) is 0 Å². The number of rotatable bonds is 2. The highest BCUT2D eigenvalue weighted by Gasteiger charge is 2.17. The molecule has 13 heavy (non-hydrogen) atoms. The van der Waals surface area contributed by atoms with Gasteiger partial charge in [0.2, 0.25) is 0 Å². The van der Waals surface area contributed by atoms with E-state index in [-0.39, 0.29) is 0 Å². The van der Waals surface area contributed by atoms with Gasteiger partial charge in [0.25, 0.3) is 0 Å². The topological polar surface area (TPSA) is 24.9 Å². The predicted octanol–water partition coefficient (Wildman–Crippen LogP) is 2.07. The van der Waals surface area contributed by atoms with Crippen LogP contribution in [-0.2, 0) is 6.42 Å². The zero-order valence-electron chi connectivity index (χ0n) is 8.09. The summed E-state index contributed by atoms with van der Waals surface area (Å²) in [6, 6.07) is 2.74. The summed E-state index contributed by atoms with van der Waals surface area (Å²) in [4.78, 5) is 4.16. The molecule has 1 unspecified atom stereocenters. The monoisotopic (exact) mass is 176 g/mol. The highest BCUT2D eigenvalue weighted by molar-refractivity contribution is 5.27. The second-order valence-corrected chi connectivity index (χ2v) is 3.58. The molecule has 0 saturated carbocycles. The molecule has 0 bridgehead atoms. The largest absolute Gasteiger partial charge is 0.310 e. The average molecular weight is 176 g/mol. The average Bonchev–Trinajstić information content (AvgIpc) is 2.70. The van der Waals surface area contributed by atoms with Crippen molar-refractivity contribution in [3.63, 3.8) is 0 Å². The van der Waals surface area contributed by atoms with Gasteiger partial charge >= 0.3 is 0 Å². The number of aromatic nitrogens is 1. The van der Waals surface area contributed by atoms with Crippen molar-refractivity contribution in [2.45, 2.75) is 32.2 Å². The Kier molecular flexibility index (Phi) is 2.60. The number of hydrogen-bond donors (Lipinski definition) is 1. The van der Waals surface area contributed by atoms with Crippen molar-refractivity contribution >= 4 is 0 Å². The van der Waals surface area contributed by atoms with Gasteiger partial charge in [0.1, 0.15) is 0 Å². The first-order valence-corrected chi connectivity index (χ1v) is 5.08. The highest BCUT2D eigenvalue weighted by Crippen LogP contribution is 2.25. The number of hydrogen-bond acceptors (Lipinski definition) is 2. The standard InChI is InChI=1S/C11H16N2/c1-2-9-8-12-7-5-10(9)11-4-3-6-13-11/h5,7-8,11,13H,2-4,6H2,1H3. The van der Waals surface area contributed by atoms with E-state index in [1.54, 1.807) is 0 Å². The molecule has 1 aliphatic rings. The minimum atomic E-state index is 0.581. The number of aryl methyl sites for hydroxylation is 1. The third-order valence-electron chi connectivity index (χ3n) is 2.76. The van der Waals surface area contributed by atoms with Crippen LogP contribution in [0.2, 0.25) is 0 Å². The van der Waals surface area contributed by atoms with Crippen molar-refractivity contribution < 1.29 is 0 Å².